The zero-order chi connectivity index (χ0) is 13.0. The largest absolute Gasteiger partial charge is 0.348 e. The fourth-order valence-corrected chi connectivity index (χ4v) is 1.78. The van der Waals surface area contributed by atoms with Gasteiger partial charge in [0.1, 0.15) is 5.69 Å². The number of nitrogens with zero attached hydrogens (tertiary/aromatic N) is 2. The topological polar surface area (TPSA) is 46.9 Å². The number of aromatic nitrogens is 2. The van der Waals surface area contributed by atoms with Crippen LogP contribution in [0.2, 0.25) is 0 Å². The highest BCUT2D eigenvalue weighted by Gasteiger charge is 2.14. The third-order valence-corrected chi connectivity index (χ3v) is 2.79. The summed E-state index contributed by atoms with van der Waals surface area (Å²) in [6.07, 6.45) is 2.14. The van der Waals surface area contributed by atoms with Gasteiger partial charge in [-0.15, -0.1) is 0 Å². The van der Waals surface area contributed by atoms with Gasteiger partial charge in [0.15, 0.2) is 0 Å². The molecule has 1 amide bonds. The molecule has 0 aliphatic rings. The molecule has 0 aliphatic heterocycles. The van der Waals surface area contributed by atoms with E-state index in [9.17, 15) is 4.79 Å². The third kappa shape index (κ3) is 4.21. The minimum absolute atomic E-state index is 0.0376. The van der Waals surface area contributed by atoms with Crippen LogP contribution in [0.4, 0.5) is 0 Å². The summed E-state index contributed by atoms with van der Waals surface area (Å²) in [5.74, 6) is 0.637. The number of hydrogen-bond donors (Lipinski definition) is 1. The third-order valence-electron chi connectivity index (χ3n) is 2.79. The second-order valence-electron chi connectivity index (χ2n) is 5.14. The fourth-order valence-electron chi connectivity index (χ4n) is 1.78. The molecule has 1 heterocycles. The highest BCUT2D eigenvalue weighted by Crippen LogP contribution is 2.08. The van der Waals surface area contributed by atoms with Gasteiger partial charge < -0.3 is 5.32 Å². The van der Waals surface area contributed by atoms with Crippen LogP contribution in [0, 0.1) is 12.8 Å². The number of hydrogen-bond acceptors (Lipinski definition) is 2. The maximum absolute atomic E-state index is 12.0. The van der Waals surface area contributed by atoms with Gasteiger partial charge in [0, 0.05) is 13.1 Å². The lowest BCUT2D eigenvalue weighted by molar-refractivity contribution is 0.0927. The number of rotatable bonds is 5. The number of amides is 1. The molecule has 1 unspecified atom stereocenters. The number of nitrogens with one attached hydrogen (secondary N) is 1. The van der Waals surface area contributed by atoms with Gasteiger partial charge in [-0.3, -0.25) is 9.48 Å². The van der Waals surface area contributed by atoms with Crippen LogP contribution in [0.15, 0.2) is 6.07 Å². The molecule has 1 N–H and O–H groups in total. The molecular formula is C13H23N3O. The molecule has 96 valence electrons. The molecule has 0 radical (unpaired) electrons. The minimum Gasteiger partial charge on any atom is -0.348 e. The Bertz CT molecular complexity index is 382. The summed E-state index contributed by atoms with van der Waals surface area (Å²) in [4.78, 5) is 12.0. The molecule has 0 saturated carbocycles. The van der Waals surface area contributed by atoms with Crippen LogP contribution in [0.3, 0.4) is 0 Å². The first-order valence-electron chi connectivity index (χ1n) is 6.21. The first kappa shape index (κ1) is 13.7. The lowest BCUT2D eigenvalue weighted by Gasteiger charge is -2.14. The summed E-state index contributed by atoms with van der Waals surface area (Å²) in [7, 11) is 1.79. The molecule has 1 atom stereocenters. The highest BCUT2D eigenvalue weighted by molar-refractivity contribution is 5.92. The van der Waals surface area contributed by atoms with Crippen molar-refractivity contribution in [1.29, 1.82) is 0 Å². The second-order valence-corrected chi connectivity index (χ2v) is 5.14. The van der Waals surface area contributed by atoms with Crippen LogP contribution in [-0.4, -0.2) is 21.7 Å². The molecule has 4 nitrogen and oxygen atoms in total. The second kappa shape index (κ2) is 5.84. The molecule has 0 aromatic carbocycles. The van der Waals surface area contributed by atoms with Crippen LogP contribution < -0.4 is 5.32 Å². The van der Waals surface area contributed by atoms with Crippen molar-refractivity contribution >= 4 is 5.91 Å². The zero-order valence-corrected chi connectivity index (χ0v) is 11.4. The predicted molar refractivity (Wildman–Crippen MR) is 68.9 cm³/mol. The van der Waals surface area contributed by atoms with Crippen LogP contribution in [0.5, 0.6) is 0 Å². The average Bonchev–Trinajstić information content (AvgIpc) is 2.55. The standard InChI is InChI=1S/C13H23N3O/c1-9(2)6-7-10(3)14-13(17)12-8-11(4)15-16(12)5/h8-10H,6-7H2,1-5H3,(H,14,17). The number of carbonyl (C=O) groups excluding carboxylic acids is 1. The average molecular weight is 237 g/mol. The van der Waals surface area contributed by atoms with E-state index >= 15 is 0 Å². The van der Waals surface area contributed by atoms with E-state index < -0.39 is 0 Å². The summed E-state index contributed by atoms with van der Waals surface area (Å²) < 4.78 is 1.62. The summed E-state index contributed by atoms with van der Waals surface area (Å²) in [5.41, 5.74) is 1.49. The summed E-state index contributed by atoms with van der Waals surface area (Å²) in [6, 6.07) is 2.02. The molecule has 1 aromatic heterocycles. The van der Waals surface area contributed by atoms with Gasteiger partial charge in [0.2, 0.25) is 0 Å². The Morgan fingerprint density at radius 3 is 2.53 bits per heavy atom. The molecule has 4 heteroatoms. The van der Waals surface area contributed by atoms with Gasteiger partial charge in [-0.2, -0.15) is 5.10 Å². The molecule has 0 bridgehead atoms. The van der Waals surface area contributed by atoms with E-state index in [1.165, 1.54) is 0 Å². The quantitative estimate of drug-likeness (QED) is 0.854. The van der Waals surface area contributed by atoms with Crippen molar-refractivity contribution in [2.24, 2.45) is 13.0 Å². The maximum Gasteiger partial charge on any atom is 0.269 e. The van der Waals surface area contributed by atoms with E-state index in [1.807, 2.05) is 19.9 Å². The van der Waals surface area contributed by atoms with E-state index in [4.69, 9.17) is 0 Å². The molecule has 0 spiro atoms. The normalized spacial score (nSPS) is 12.8. The van der Waals surface area contributed by atoms with Crippen LogP contribution >= 0.6 is 0 Å². The van der Waals surface area contributed by atoms with Crippen molar-refractivity contribution in [2.75, 3.05) is 0 Å². The summed E-state index contributed by atoms with van der Waals surface area (Å²) >= 11 is 0. The van der Waals surface area contributed by atoms with Gasteiger partial charge in [-0.1, -0.05) is 13.8 Å². The molecular weight excluding hydrogens is 214 g/mol. The van der Waals surface area contributed by atoms with Crippen molar-refractivity contribution in [3.8, 4) is 0 Å². The Labute approximate surface area is 103 Å². The van der Waals surface area contributed by atoms with Crippen molar-refractivity contribution in [3.05, 3.63) is 17.5 Å². The van der Waals surface area contributed by atoms with Crippen molar-refractivity contribution in [2.45, 2.75) is 46.6 Å². The fraction of sp³-hybridized carbons (Fsp3) is 0.692. The maximum atomic E-state index is 12.0. The van der Waals surface area contributed by atoms with E-state index in [0.29, 0.717) is 11.6 Å². The van der Waals surface area contributed by atoms with Crippen LogP contribution in [-0.2, 0) is 7.05 Å². The first-order chi connectivity index (χ1) is 7.90. The van der Waals surface area contributed by atoms with E-state index in [-0.39, 0.29) is 11.9 Å². The van der Waals surface area contributed by atoms with Crippen LogP contribution in [0.1, 0.15) is 49.8 Å². The molecule has 0 aliphatic carbocycles. The Hall–Kier alpha value is -1.32. The highest BCUT2D eigenvalue weighted by atomic mass is 16.2. The number of aryl methyl sites for hydroxylation is 2. The van der Waals surface area contributed by atoms with Gasteiger partial charge >= 0.3 is 0 Å². The smallest absolute Gasteiger partial charge is 0.269 e. The van der Waals surface area contributed by atoms with E-state index in [1.54, 1.807) is 11.7 Å². The Morgan fingerprint density at radius 2 is 2.06 bits per heavy atom. The van der Waals surface area contributed by atoms with Crippen molar-refractivity contribution < 1.29 is 4.79 Å². The molecule has 17 heavy (non-hydrogen) atoms. The monoisotopic (exact) mass is 237 g/mol. The Kier molecular flexibility index (Phi) is 4.73. The first-order valence-corrected chi connectivity index (χ1v) is 6.21. The minimum atomic E-state index is -0.0376. The van der Waals surface area contributed by atoms with Gasteiger partial charge in [0.25, 0.3) is 5.91 Å². The Balaban J connectivity index is 2.51. The van der Waals surface area contributed by atoms with Crippen molar-refractivity contribution in [3.63, 3.8) is 0 Å². The summed E-state index contributed by atoms with van der Waals surface area (Å²) in [6.45, 7) is 8.32. The molecule has 1 aromatic rings. The zero-order valence-electron chi connectivity index (χ0n) is 11.4. The molecule has 0 fully saturated rings. The van der Waals surface area contributed by atoms with Gasteiger partial charge in [-0.25, -0.2) is 0 Å². The number of carbonyl (C=O) groups is 1. The van der Waals surface area contributed by atoms with Gasteiger partial charge in [0.05, 0.1) is 5.69 Å². The molecule has 1 rings (SSSR count). The van der Waals surface area contributed by atoms with Crippen LogP contribution in [0.25, 0.3) is 0 Å². The lowest BCUT2D eigenvalue weighted by atomic mass is 10.0. The van der Waals surface area contributed by atoms with E-state index in [0.717, 1.165) is 18.5 Å². The summed E-state index contributed by atoms with van der Waals surface area (Å²) in [5, 5.41) is 7.18. The Morgan fingerprint density at radius 1 is 1.41 bits per heavy atom. The predicted octanol–water partition coefficient (Wildman–Crippen LogP) is 2.28. The lowest BCUT2D eigenvalue weighted by Crippen LogP contribution is -2.33. The van der Waals surface area contributed by atoms with Gasteiger partial charge in [-0.05, 0) is 38.7 Å². The SMILES string of the molecule is Cc1cc(C(=O)NC(C)CCC(C)C)n(C)n1. The van der Waals surface area contributed by atoms with E-state index in [2.05, 4.69) is 24.3 Å². The van der Waals surface area contributed by atoms with Crippen molar-refractivity contribution in [1.82, 2.24) is 15.1 Å². The molecule has 0 saturated heterocycles.